The fourth-order valence-electron chi connectivity index (χ4n) is 2.67. The van der Waals surface area contributed by atoms with E-state index in [4.69, 9.17) is 4.74 Å². The molecule has 0 radical (unpaired) electrons. The Kier molecular flexibility index (Phi) is 2.26. The third kappa shape index (κ3) is 1.38. The van der Waals surface area contributed by atoms with E-state index in [0.717, 1.165) is 16.8 Å². The lowest BCUT2D eigenvalue weighted by Crippen LogP contribution is -2.44. The number of amides is 1. The third-order valence-corrected chi connectivity index (χ3v) is 3.58. The van der Waals surface area contributed by atoms with Crippen molar-refractivity contribution in [2.45, 2.75) is 13.0 Å². The molecule has 0 fully saturated rings. The molecule has 2 aliphatic heterocycles. The Balaban J connectivity index is 2.20. The molecule has 0 N–H and O–H groups in total. The molecule has 0 bridgehead atoms. The van der Waals surface area contributed by atoms with Crippen LogP contribution in [0.4, 0.5) is 5.69 Å². The van der Waals surface area contributed by atoms with E-state index >= 15 is 0 Å². The predicted octanol–water partition coefficient (Wildman–Crippen LogP) is 1.82. The number of anilines is 1. The van der Waals surface area contributed by atoms with E-state index in [1.807, 2.05) is 24.3 Å². The van der Waals surface area contributed by atoms with Crippen LogP contribution in [-0.4, -0.2) is 18.9 Å². The number of rotatable bonds is 0. The highest BCUT2D eigenvalue weighted by Gasteiger charge is 2.44. The summed E-state index contributed by atoms with van der Waals surface area (Å²) in [5.41, 5.74) is 2.47. The zero-order valence-electron chi connectivity index (χ0n) is 10.2. The first kappa shape index (κ1) is 11.0. The van der Waals surface area contributed by atoms with Crippen LogP contribution < -0.4 is 4.90 Å². The van der Waals surface area contributed by atoms with Crippen molar-refractivity contribution >= 4 is 17.6 Å². The van der Waals surface area contributed by atoms with E-state index in [-0.39, 0.29) is 17.8 Å². The minimum Gasteiger partial charge on any atom is -0.453 e. The van der Waals surface area contributed by atoms with Gasteiger partial charge in [-0.05, 0) is 18.6 Å². The second-order valence-electron chi connectivity index (χ2n) is 4.68. The summed E-state index contributed by atoms with van der Waals surface area (Å²) in [6.07, 6.45) is 0.920. The standard InChI is InChI=1S/C14H13NO3/c1-8-7-11(16)18-13-9-5-3-4-6-10(9)15(2)14(17)12(8)13/h3-7,12-13H,1-2H3/t12-,13+/m0/s1. The summed E-state index contributed by atoms with van der Waals surface area (Å²) in [7, 11) is 1.75. The first-order valence-electron chi connectivity index (χ1n) is 5.85. The maximum Gasteiger partial charge on any atom is 0.331 e. The summed E-state index contributed by atoms with van der Waals surface area (Å²) in [4.78, 5) is 25.5. The number of ether oxygens (including phenoxy) is 1. The average molecular weight is 243 g/mol. The lowest BCUT2D eigenvalue weighted by molar-refractivity contribution is -0.150. The van der Waals surface area contributed by atoms with Crippen LogP contribution in [0.1, 0.15) is 18.6 Å². The summed E-state index contributed by atoms with van der Waals surface area (Å²) in [6.45, 7) is 1.80. The molecule has 0 unspecified atom stereocenters. The van der Waals surface area contributed by atoms with Gasteiger partial charge >= 0.3 is 5.97 Å². The summed E-state index contributed by atoms with van der Waals surface area (Å²) >= 11 is 0. The highest BCUT2D eigenvalue weighted by atomic mass is 16.5. The first-order chi connectivity index (χ1) is 8.59. The van der Waals surface area contributed by atoms with Gasteiger partial charge in [-0.15, -0.1) is 0 Å². The van der Waals surface area contributed by atoms with Crippen molar-refractivity contribution in [2.24, 2.45) is 5.92 Å². The molecule has 0 spiro atoms. The molecule has 2 aliphatic rings. The first-order valence-corrected chi connectivity index (χ1v) is 5.85. The summed E-state index contributed by atoms with van der Waals surface area (Å²) < 4.78 is 5.34. The van der Waals surface area contributed by atoms with Gasteiger partial charge in [0, 0.05) is 18.7 Å². The molecule has 4 nitrogen and oxygen atoms in total. The predicted molar refractivity (Wildman–Crippen MR) is 65.9 cm³/mol. The molecule has 1 aromatic rings. The number of esters is 1. The number of hydrogen-bond acceptors (Lipinski definition) is 3. The number of para-hydroxylation sites is 1. The van der Waals surface area contributed by atoms with Gasteiger partial charge in [-0.1, -0.05) is 18.2 Å². The van der Waals surface area contributed by atoms with Gasteiger partial charge in [0.1, 0.15) is 12.0 Å². The van der Waals surface area contributed by atoms with Crippen LogP contribution in [0.3, 0.4) is 0 Å². The molecule has 1 aromatic carbocycles. The van der Waals surface area contributed by atoms with Crippen LogP contribution in [0, 0.1) is 5.92 Å². The van der Waals surface area contributed by atoms with Gasteiger partial charge < -0.3 is 9.64 Å². The normalized spacial score (nSPS) is 26.1. The number of benzene rings is 1. The molecular formula is C14H13NO3. The quantitative estimate of drug-likeness (QED) is 0.653. The minimum absolute atomic E-state index is 0.0278. The molecular weight excluding hydrogens is 230 g/mol. The highest BCUT2D eigenvalue weighted by molar-refractivity contribution is 6.02. The monoisotopic (exact) mass is 243 g/mol. The number of nitrogens with zero attached hydrogens (tertiary/aromatic N) is 1. The maximum absolute atomic E-state index is 12.3. The van der Waals surface area contributed by atoms with Crippen molar-refractivity contribution < 1.29 is 14.3 Å². The van der Waals surface area contributed by atoms with E-state index in [1.54, 1.807) is 18.9 Å². The molecule has 18 heavy (non-hydrogen) atoms. The summed E-state index contributed by atoms with van der Waals surface area (Å²) in [5, 5.41) is 0. The summed E-state index contributed by atoms with van der Waals surface area (Å²) in [5.74, 6) is -0.788. The van der Waals surface area contributed by atoms with E-state index in [9.17, 15) is 9.59 Å². The summed E-state index contributed by atoms with van der Waals surface area (Å²) in [6, 6.07) is 7.53. The van der Waals surface area contributed by atoms with Crippen LogP contribution in [0.2, 0.25) is 0 Å². The van der Waals surface area contributed by atoms with Crippen LogP contribution in [0.25, 0.3) is 0 Å². The fraction of sp³-hybridized carbons (Fsp3) is 0.286. The fourth-order valence-corrected chi connectivity index (χ4v) is 2.67. The van der Waals surface area contributed by atoms with Crippen LogP contribution in [0.5, 0.6) is 0 Å². The van der Waals surface area contributed by atoms with Gasteiger partial charge in [-0.2, -0.15) is 0 Å². The second-order valence-corrected chi connectivity index (χ2v) is 4.68. The Morgan fingerprint density at radius 1 is 1.22 bits per heavy atom. The van der Waals surface area contributed by atoms with Crippen LogP contribution in [-0.2, 0) is 14.3 Å². The molecule has 2 atom stereocenters. The number of carbonyl (C=O) groups excluding carboxylic acids is 2. The van der Waals surface area contributed by atoms with Gasteiger partial charge in [0.15, 0.2) is 0 Å². The third-order valence-electron chi connectivity index (χ3n) is 3.58. The topological polar surface area (TPSA) is 46.6 Å². The van der Waals surface area contributed by atoms with Crippen molar-refractivity contribution in [1.82, 2.24) is 0 Å². The van der Waals surface area contributed by atoms with E-state index in [0.29, 0.717) is 0 Å². The van der Waals surface area contributed by atoms with E-state index in [2.05, 4.69) is 0 Å². The average Bonchev–Trinajstić information content (AvgIpc) is 2.35. The van der Waals surface area contributed by atoms with Gasteiger partial charge in [0.25, 0.3) is 0 Å². The minimum atomic E-state index is -0.484. The molecule has 4 heteroatoms. The Bertz CT molecular complexity index is 576. The molecule has 0 saturated heterocycles. The highest BCUT2D eigenvalue weighted by Crippen LogP contribution is 2.44. The molecule has 2 heterocycles. The lowest BCUT2D eigenvalue weighted by Gasteiger charge is -2.39. The SMILES string of the molecule is CC1=CC(=O)O[C@@H]2c3ccccc3N(C)C(=O)[C@@H]12. The molecule has 0 aromatic heterocycles. The number of fused-ring (bicyclic) bond motifs is 3. The van der Waals surface area contributed by atoms with Gasteiger partial charge in [0.05, 0.1) is 5.69 Å². The molecule has 92 valence electrons. The molecule has 0 saturated carbocycles. The zero-order valence-corrected chi connectivity index (χ0v) is 10.2. The number of carbonyl (C=O) groups is 2. The largest absolute Gasteiger partial charge is 0.453 e. The molecule has 3 rings (SSSR count). The Hall–Kier alpha value is -2.10. The maximum atomic E-state index is 12.3. The van der Waals surface area contributed by atoms with Crippen molar-refractivity contribution in [3.05, 3.63) is 41.5 Å². The Morgan fingerprint density at radius 2 is 1.94 bits per heavy atom. The van der Waals surface area contributed by atoms with Crippen LogP contribution in [0.15, 0.2) is 35.9 Å². The molecule has 1 amide bonds. The van der Waals surface area contributed by atoms with Crippen molar-refractivity contribution in [1.29, 1.82) is 0 Å². The van der Waals surface area contributed by atoms with Crippen molar-refractivity contribution in [3.8, 4) is 0 Å². The van der Waals surface area contributed by atoms with Crippen molar-refractivity contribution in [3.63, 3.8) is 0 Å². The number of hydrogen-bond donors (Lipinski definition) is 0. The Labute approximate surface area is 105 Å². The van der Waals surface area contributed by atoms with Crippen molar-refractivity contribution in [2.75, 3.05) is 11.9 Å². The lowest BCUT2D eigenvalue weighted by atomic mass is 9.82. The van der Waals surface area contributed by atoms with Gasteiger partial charge in [0.2, 0.25) is 5.91 Å². The zero-order chi connectivity index (χ0) is 12.9. The van der Waals surface area contributed by atoms with Gasteiger partial charge in [-0.3, -0.25) is 4.79 Å². The Morgan fingerprint density at radius 3 is 2.72 bits per heavy atom. The molecule has 0 aliphatic carbocycles. The smallest absolute Gasteiger partial charge is 0.331 e. The van der Waals surface area contributed by atoms with E-state index in [1.165, 1.54) is 6.08 Å². The van der Waals surface area contributed by atoms with Crippen LogP contribution >= 0.6 is 0 Å². The van der Waals surface area contributed by atoms with E-state index < -0.39 is 6.10 Å². The second kappa shape index (κ2) is 3.70. The van der Waals surface area contributed by atoms with Gasteiger partial charge in [-0.25, -0.2) is 4.79 Å².